The van der Waals surface area contributed by atoms with Crippen molar-refractivity contribution < 1.29 is 22.8 Å². The lowest BCUT2D eigenvalue weighted by Crippen LogP contribution is -2.47. The monoisotopic (exact) mass is 432 g/mol. The smallest absolute Gasteiger partial charge is 0.356 e. The standard InChI is InChI=1S/C22H23F3N4O2/c1-13-11-29(18-4-5-27-20(30)8-18)12-15-7-17(2-3-19(13)15)28-21(31)14-6-16(10-26-9-14)22(23,24)25/h2-3,6-7,9-10,13,18H,4-5,8,11-12H2,1H3,(H,27,30)(H,28,31)/t13-,18?/m0/s1. The van der Waals surface area contributed by atoms with Gasteiger partial charge in [0.1, 0.15) is 0 Å². The number of halogens is 3. The summed E-state index contributed by atoms with van der Waals surface area (Å²) in [5.41, 5.74) is 1.61. The first kappa shape index (κ1) is 21.3. The summed E-state index contributed by atoms with van der Waals surface area (Å²) in [5.74, 6) is -0.320. The Labute approximate surface area is 177 Å². The van der Waals surface area contributed by atoms with Crippen LogP contribution in [-0.4, -0.2) is 40.8 Å². The lowest BCUT2D eigenvalue weighted by atomic mass is 9.88. The van der Waals surface area contributed by atoms with Gasteiger partial charge in [-0.15, -0.1) is 0 Å². The number of aromatic nitrogens is 1. The van der Waals surface area contributed by atoms with E-state index in [1.54, 1.807) is 6.07 Å². The van der Waals surface area contributed by atoms with E-state index in [4.69, 9.17) is 0 Å². The number of anilines is 1. The predicted octanol–water partition coefficient (Wildman–Crippen LogP) is 3.55. The van der Waals surface area contributed by atoms with Gasteiger partial charge in [0.25, 0.3) is 5.91 Å². The van der Waals surface area contributed by atoms with E-state index >= 15 is 0 Å². The van der Waals surface area contributed by atoms with Crippen LogP contribution in [-0.2, 0) is 17.5 Å². The normalized spacial score (nSPS) is 21.9. The van der Waals surface area contributed by atoms with Crippen molar-refractivity contribution in [2.75, 3.05) is 18.4 Å². The van der Waals surface area contributed by atoms with Crippen molar-refractivity contribution in [2.45, 2.75) is 44.4 Å². The van der Waals surface area contributed by atoms with Gasteiger partial charge in [0.15, 0.2) is 0 Å². The van der Waals surface area contributed by atoms with E-state index in [9.17, 15) is 22.8 Å². The minimum Gasteiger partial charge on any atom is -0.356 e. The molecule has 0 aliphatic carbocycles. The number of nitrogens with zero attached hydrogens (tertiary/aromatic N) is 2. The molecule has 1 aromatic heterocycles. The third-order valence-corrected chi connectivity index (χ3v) is 5.88. The number of carbonyl (C=O) groups excluding carboxylic acids is 2. The third-order valence-electron chi connectivity index (χ3n) is 5.88. The summed E-state index contributed by atoms with van der Waals surface area (Å²) in [7, 11) is 0. The Morgan fingerprint density at radius 3 is 2.81 bits per heavy atom. The summed E-state index contributed by atoms with van der Waals surface area (Å²) in [6.45, 7) is 4.31. The van der Waals surface area contributed by atoms with Gasteiger partial charge in [-0.3, -0.25) is 19.5 Å². The van der Waals surface area contributed by atoms with Gasteiger partial charge in [0.05, 0.1) is 11.1 Å². The Kier molecular flexibility index (Phi) is 5.70. The number of alkyl halides is 3. The van der Waals surface area contributed by atoms with Crippen LogP contribution in [0.2, 0.25) is 0 Å². The summed E-state index contributed by atoms with van der Waals surface area (Å²) in [6.07, 6.45) is -1.39. The fourth-order valence-electron chi connectivity index (χ4n) is 4.31. The van der Waals surface area contributed by atoms with Crippen molar-refractivity contribution in [3.8, 4) is 0 Å². The molecule has 2 atom stereocenters. The van der Waals surface area contributed by atoms with E-state index in [0.717, 1.165) is 30.8 Å². The van der Waals surface area contributed by atoms with Crippen molar-refractivity contribution in [3.05, 3.63) is 58.9 Å². The van der Waals surface area contributed by atoms with Gasteiger partial charge in [-0.25, -0.2) is 0 Å². The molecule has 0 spiro atoms. The van der Waals surface area contributed by atoms with Crippen LogP contribution >= 0.6 is 0 Å². The SMILES string of the molecule is C[C@H]1CN(C2CCNC(=O)C2)Cc2cc(NC(=O)c3cncc(C(F)(F)F)c3)ccc21. The maximum atomic E-state index is 12.9. The zero-order valence-corrected chi connectivity index (χ0v) is 17.0. The quantitative estimate of drug-likeness (QED) is 0.778. The average molecular weight is 432 g/mol. The van der Waals surface area contributed by atoms with Gasteiger partial charge >= 0.3 is 6.18 Å². The number of hydrogen-bond acceptors (Lipinski definition) is 4. The van der Waals surface area contributed by atoms with E-state index in [0.29, 0.717) is 31.4 Å². The fourth-order valence-corrected chi connectivity index (χ4v) is 4.31. The van der Waals surface area contributed by atoms with E-state index < -0.39 is 17.6 Å². The number of rotatable bonds is 3. The van der Waals surface area contributed by atoms with Gasteiger partial charge in [-0.1, -0.05) is 13.0 Å². The number of nitrogens with one attached hydrogen (secondary N) is 2. The van der Waals surface area contributed by atoms with Crippen LogP contribution in [0.3, 0.4) is 0 Å². The molecule has 1 unspecified atom stereocenters. The zero-order valence-electron chi connectivity index (χ0n) is 17.0. The Morgan fingerprint density at radius 2 is 2.06 bits per heavy atom. The van der Waals surface area contributed by atoms with Crippen molar-refractivity contribution in [1.82, 2.24) is 15.2 Å². The Morgan fingerprint density at radius 1 is 1.26 bits per heavy atom. The molecular weight excluding hydrogens is 409 g/mol. The molecule has 1 fully saturated rings. The van der Waals surface area contributed by atoms with Gasteiger partial charge in [-0.2, -0.15) is 13.2 Å². The van der Waals surface area contributed by atoms with Crippen molar-refractivity contribution >= 4 is 17.5 Å². The van der Waals surface area contributed by atoms with Gasteiger partial charge in [0, 0.05) is 50.2 Å². The summed E-state index contributed by atoms with van der Waals surface area (Å²) in [4.78, 5) is 30.1. The van der Waals surface area contributed by atoms with Crippen LogP contribution in [0, 0.1) is 0 Å². The Hall–Kier alpha value is -2.94. The first-order chi connectivity index (χ1) is 14.7. The molecule has 4 rings (SSSR count). The van der Waals surface area contributed by atoms with E-state index in [1.165, 1.54) is 5.56 Å². The van der Waals surface area contributed by atoms with Crippen LogP contribution in [0.1, 0.15) is 52.7 Å². The zero-order chi connectivity index (χ0) is 22.2. The molecule has 164 valence electrons. The van der Waals surface area contributed by atoms with Crippen LogP contribution in [0.15, 0.2) is 36.7 Å². The second-order valence-corrected chi connectivity index (χ2v) is 8.15. The van der Waals surface area contributed by atoms with Crippen LogP contribution < -0.4 is 10.6 Å². The summed E-state index contributed by atoms with van der Waals surface area (Å²) in [6, 6.07) is 6.54. The minimum absolute atomic E-state index is 0.0606. The molecule has 2 N–H and O–H groups in total. The number of amides is 2. The van der Waals surface area contributed by atoms with Gasteiger partial charge in [0.2, 0.25) is 5.91 Å². The lowest BCUT2D eigenvalue weighted by molar-refractivity contribution is -0.137. The van der Waals surface area contributed by atoms with E-state index in [1.807, 2.05) is 12.1 Å². The highest BCUT2D eigenvalue weighted by Crippen LogP contribution is 2.33. The molecule has 31 heavy (non-hydrogen) atoms. The number of benzene rings is 1. The topological polar surface area (TPSA) is 74.3 Å². The lowest BCUT2D eigenvalue weighted by Gasteiger charge is -2.40. The molecule has 2 aromatic rings. The molecular formula is C22H23F3N4O2. The second kappa shape index (κ2) is 8.30. The largest absolute Gasteiger partial charge is 0.417 e. The van der Waals surface area contributed by atoms with Crippen LogP contribution in [0.4, 0.5) is 18.9 Å². The van der Waals surface area contributed by atoms with E-state index in [-0.39, 0.29) is 23.4 Å². The minimum atomic E-state index is -4.56. The molecule has 9 heteroatoms. The predicted molar refractivity (Wildman–Crippen MR) is 108 cm³/mol. The van der Waals surface area contributed by atoms with Gasteiger partial charge < -0.3 is 10.6 Å². The molecule has 6 nitrogen and oxygen atoms in total. The molecule has 3 heterocycles. The number of carbonyl (C=O) groups is 2. The molecule has 2 amide bonds. The first-order valence-corrected chi connectivity index (χ1v) is 10.2. The highest BCUT2D eigenvalue weighted by molar-refractivity contribution is 6.04. The number of fused-ring (bicyclic) bond motifs is 1. The molecule has 0 saturated carbocycles. The van der Waals surface area contributed by atoms with Crippen molar-refractivity contribution in [3.63, 3.8) is 0 Å². The maximum absolute atomic E-state index is 12.9. The van der Waals surface area contributed by atoms with Crippen LogP contribution in [0.25, 0.3) is 0 Å². The molecule has 1 aromatic carbocycles. The second-order valence-electron chi connectivity index (χ2n) is 8.15. The average Bonchev–Trinajstić information content (AvgIpc) is 2.73. The molecule has 2 aliphatic heterocycles. The number of pyridine rings is 1. The van der Waals surface area contributed by atoms with Gasteiger partial charge in [-0.05, 0) is 41.7 Å². The third kappa shape index (κ3) is 4.71. The summed E-state index contributed by atoms with van der Waals surface area (Å²) in [5, 5.41) is 5.53. The Bertz CT molecular complexity index is 1010. The fraction of sp³-hybridized carbons (Fsp3) is 0.409. The van der Waals surface area contributed by atoms with Crippen molar-refractivity contribution in [2.24, 2.45) is 0 Å². The highest BCUT2D eigenvalue weighted by Gasteiger charge is 2.32. The van der Waals surface area contributed by atoms with Crippen molar-refractivity contribution in [1.29, 1.82) is 0 Å². The summed E-state index contributed by atoms with van der Waals surface area (Å²) >= 11 is 0. The molecule has 0 radical (unpaired) electrons. The Balaban J connectivity index is 1.51. The molecule has 0 bridgehead atoms. The molecule has 1 saturated heterocycles. The maximum Gasteiger partial charge on any atom is 0.417 e. The summed E-state index contributed by atoms with van der Waals surface area (Å²) < 4.78 is 38.7. The first-order valence-electron chi connectivity index (χ1n) is 10.2. The van der Waals surface area contributed by atoms with Crippen LogP contribution in [0.5, 0.6) is 0 Å². The highest BCUT2D eigenvalue weighted by atomic mass is 19.4. The number of hydrogen-bond donors (Lipinski definition) is 2. The molecule has 2 aliphatic rings. The number of piperidine rings is 1. The van der Waals surface area contributed by atoms with E-state index in [2.05, 4.69) is 27.4 Å².